The molecule has 0 saturated heterocycles. The molecule has 0 spiro atoms. The van der Waals surface area contributed by atoms with Crippen LogP contribution in [0, 0.1) is 5.41 Å². The van der Waals surface area contributed by atoms with Gasteiger partial charge in [-0.15, -0.1) is 0 Å². The Morgan fingerprint density at radius 1 is 1.26 bits per heavy atom. The molecule has 0 bridgehead atoms. The van der Waals surface area contributed by atoms with Gasteiger partial charge in [0, 0.05) is 13.5 Å². The molecule has 0 radical (unpaired) electrons. The molecule has 0 aromatic heterocycles. The van der Waals surface area contributed by atoms with Crippen LogP contribution in [0.25, 0.3) is 0 Å². The van der Waals surface area contributed by atoms with Gasteiger partial charge in [0.15, 0.2) is 5.78 Å². The van der Waals surface area contributed by atoms with Crippen LogP contribution in [0.1, 0.15) is 33.1 Å². The zero-order chi connectivity index (χ0) is 17.8. The van der Waals surface area contributed by atoms with Crippen molar-refractivity contribution in [2.75, 3.05) is 19.1 Å². The lowest BCUT2D eigenvalue weighted by Crippen LogP contribution is -2.47. The third-order valence-electron chi connectivity index (χ3n) is 2.95. The molecule has 0 heterocycles. The molecule has 2 N–H and O–H groups in total. The maximum Gasteiger partial charge on any atom is 0.328 e. The summed E-state index contributed by atoms with van der Waals surface area (Å²) in [7, 11) is 1.44. The summed E-state index contributed by atoms with van der Waals surface area (Å²) in [5, 5.41) is 9.48. The monoisotopic (exact) mass is 346 g/mol. The molecule has 8 heteroatoms. The fourth-order valence-electron chi connectivity index (χ4n) is 1.77. The smallest absolute Gasteiger partial charge is 0.328 e. The number of carbonyl (C=O) groups is 3. The number of Topliss-reactive ketones (excluding diaryl/α,β-unsaturated/α-hetero) is 1. The second-order valence-electron chi connectivity index (χ2n) is 5.20. The summed E-state index contributed by atoms with van der Waals surface area (Å²) in [4.78, 5) is 35.5. The van der Waals surface area contributed by atoms with E-state index in [0.717, 1.165) is 5.75 Å². The zero-order valence-electron chi connectivity index (χ0n) is 14.1. The van der Waals surface area contributed by atoms with Crippen molar-refractivity contribution in [2.45, 2.75) is 51.4 Å². The number of esters is 1. The van der Waals surface area contributed by atoms with Crippen LogP contribution in [0.4, 0.5) is 0 Å². The highest BCUT2D eigenvalue weighted by Crippen LogP contribution is 2.07. The third kappa shape index (κ3) is 9.35. The van der Waals surface area contributed by atoms with E-state index in [2.05, 4.69) is 5.32 Å². The van der Waals surface area contributed by atoms with Gasteiger partial charge in [-0.05, 0) is 38.7 Å². The van der Waals surface area contributed by atoms with E-state index in [1.54, 1.807) is 25.6 Å². The number of carbonyl (C=O) groups excluding carboxylic acids is 3. The molecule has 0 saturated carbocycles. The molecule has 0 aromatic carbocycles. The first kappa shape index (κ1) is 21.6. The summed E-state index contributed by atoms with van der Waals surface area (Å²) in [6.45, 7) is 3.41. The van der Waals surface area contributed by atoms with Gasteiger partial charge < -0.3 is 20.2 Å². The Bertz CT molecular complexity index is 415. The molecule has 0 aliphatic rings. The van der Waals surface area contributed by atoms with Crippen LogP contribution in [0.15, 0.2) is 0 Å². The molecule has 0 aromatic rings. The molecular weight excluding hydrogens is 320 g/mol. The normalized spacial score (nSPS) is 13.3. The average Bonchev–Trinajstić information content (AvgIpc) is 2.50. The van der Waals surface area contributed by atoms with Crippen LogP contribution in [0.3, 0.4) is 0 Å². The van der Waals surface area contributed by atoms with Gasteiger partial charge in [0.2, 0.25) is 5.91 Å². The minimum atomic E-state index is -0.930. The Hall–Kier alpha value is -1.41. The van der Waals surface area contributed by atoms with Gasteiger partial charge in [0.05, 0.1) is 12.3 Å². The zero-order valence-corrected chi connectivity index (χ0v) is 14.9. The number of ether oxygens (including phenoxy) is 2. The summed E-state index contributed by atoms with van der Waals surface area (Å²) in [6, 6.07) is -0.930. The topological polar surface area (TPSA) is 106 Å². The highest BCUT2D eigenvalue weighted by molar-refractivity contribution is 7.98. The Labute approximate surface area is 141 Å². The van der Waals surface area contributed by atoms with E-state index in [1.165, 1.54) is 7.11 Å². The number of rotatable bonds is 12. The quantitative estimate of drug-likeness (QED) is 0.406. The van der Waals surface area contributed by atoms with Crippen molar-refractivity contribution in [1.82, 2.24) is 5.32 Å². The fourth-order valence-corrected chi connectivity index (χ4v) is 2.22. The number of nitrogens with one attached hydrogen (secondary N) is 2. The van der Waals surface area contributed by atoms with Gasteiger partial charge >= 0.3 is 5.97 Å². The van der Waals surface area contributed by atoms with Crippen LogP contribution in [0.2, 0.25) is 0 Å². The maximum atomic E-state index is 12.2. The number of amides is 1. The summed E-state index contributed by atoms with van der Waals surface area (Å²) in [5.74, 6) is -0.660. The van der Waals surface area contributed by atoms with Crippen molar-refractivity contribution in [1.29, 1.82) is 5.41 Å². The van der Waals surface area contributed by atoms with E-state index < -0.39 is 29.8 Å². The molecular formula is C15H26N2O5S. The highest BCUT2D eigenvalue weighted by Gasteiger charge is 2.27. The predicted octanol–water partition coefficient (Wildman–Crippen LogP) is 1.19. The molecule has 23 heavy (non-hydrogen) atoms. The third-order valence-corrected chi connectivity index (χ3v) is 3.60. The van der Waals surface area contributed by atoms with Crippen LogP contribution in [-0.4, -0.2) is 61.2 Å². The molecule has 0 aliphatic heterocycles. The van der Waals surface area contributed by atoms with Crippen LogP contribution in [0.5, 0.6) is 0 Å². The lowest BCUT2D eigenvalue weighted by molar-refractivity contribution is -0.152. The van der Waals surface area contributed by atoms with Crippen molar-refractivity contribution in [3.63, 3.8) is 0 Å². The number of hydrogen-bond acceptors (Lipinski definition) is 7. The minimum Gasteiger partial charge on any atom is -0.461 e. The van der Waals surface area contributed by atoms with E-state index in [4.69, 9.17) is 14.9 Å². The van der Waals surface area contributed by atoms with Gasteiger partial charge in [-0.2, -0.15) is 11.8 Å². The summed E-state index contributed by atoms with van der Waals surface area (Å²) in [5.41, 5.74) is 0. The maximum absolute atomic E-state index is 12.2. The van der Waals surface area contributed by atoms with Gasteiger partial charge in [0.1, 0.15) is 12.1 Å². The van der Waals surface area contributed by atoms with Crippen molar-refractivity contribution in [3.05, 3.63) is 0 Å². The molecule has 0 fully saturated rings. The van der Waals surface area contributed by atoms with Crippen molar-refractivity contribution >= 4 is 35.6 Å². The lowest BCUT2D eigenvalue weighted by Gasteiger charge is -2.21. The minimum absolute atomic E-state index is 0.00982. The molecule has 132 valence electrons. The van der Waals surface area contributed by atoms with Gasteiger partial charge in [0.25, 0.3) is 0 Å². The van der Waals surface area contributed by atoms with E-state index in [9.17, 15) is 14.4 Å². The van der Waals surface area contributed by atoms with Crippen LogP contribution in [-0.2, 0) is 23.9 Å². The largest absolute Gasteiger partial charge is 0.461 e. The second kappa shape index (κ2) is 12.1. The summed E-state index contributed by atoms with van der Waals surface area (Å²) >= 11 is 1.59. The van der Waals surface area contributed by atoms with Crippen molar-refractivity contribution < 1.29 is 23.9 Å². The van der Waals surface area contributed by atoms with E-state index in [-0.39, 0.29) is 18.9 Å². The molecule has 0 rings (SSSR count). The van der Waals surface area contributed by atoms with E-state index in [0.29, 0.717) is 12.6 Å². The van der Waals surface area contributed by atoms with Crippen LogP contribution < -0.4 is 5.32 Å². The van der Waals surface area contributed by atoms with E-state index >= 15 is 0 Å². The first-order valence-electron chi connectivity index (χ1n) is 7.41. The predicted molar refractivity (Wildman–Crippen MR) is 90.0 cm³/mol. The number of methoxy groups -OCH3 is 1. The molecule has 1 amide bonds. The average molecular weight is 346 g/mol. The highest BCUT2D eigenvalue weighted by atomic mass is 32.2. The molecule has 0 unspecified atom stereocenters. The Kier molecular flexibility index (Phi) is 11.3. The Morgan fingerprint density at radius 3 is 2.39 bits per heavy atom. The Balaban J connectivity index is 4.82. The summed E-state index contributed by atoms with van der Waals surface area (Å²) < 4.78 is 10.2. The second-order valence-corrected chi connectivity index (χ2v) is 6.19. The number of ketones is 1. The first-order valence-corrected chi connectivity index (χ1v) is 8.81. The first-order chi connectivity index (χ1) is 10.8. The van der Waals surface area contributed by atoms with Crippen LogP contribution >= 0.6 is 11.8 Å². The molecule has 2 atom stereocenters. The lowest BCUT2D eigenvalue weighted by atomic mass is 10.1. The Morgan fingerprint density at radius 2 is 1.91 bits per heavy atom. The van der Waals surface area contributed by atoms with Gasteiger partial charge in [-0.3, -0.25) is 9.59 Å². The van der Waals surface area contributed by atoms with Crippen molar-refractivity contribution in [3.8, 4) is 0 Å². The SMILES string of the molecule is CO[C@@H](CCSC)C(=O)N[C@@H](CCC(=O)C=N)C(=O)OC(C)C. The number of hydrogen-bond donors (Lipinski definition) is 2. The standard InChI is InChI=1S/C15H26N2O5S/c1-10(2)22-15(20)12(6-5-11(18)9-16)17-14(19)13(21-3)7-8-23-4/h9-10,12-13,16H,5-8H2,1-4H3,(H,17,19)/t12-,13-/m0/s1. The fraction of sp³-hybridized carbons (Fsp3) is 0.733. The van der Waals surface area contributed by atoms with Crippen molar-refractivity contribution in [2.24, 2.45) is 0 Å². The number of thioether (sulfide) groups is 1. The summed E-state index contributed by atoms with van der Waals surface area (Å²) in [6.07, 6.45) is 2.24. The van der Waals surface area contributed by atoms with Gasteiger partial charge in [-0.1, -0.05) is 0 Å². The van der Waals surface area contributed by atoms with E-state index in [1.807, 2.05) is 6.26 Å². The molecule has 0 aliphatic carbocycles. The van der Waals surface area contributed by atoms with Gasteiger partial charge in [-0.25, -0.2) is 4.79 Å². The molecule has 7 nitrogen and oxygen atoms in total.